The van der Waals surface area contributed by atoms with Crippen molar-refractivity contribution in [3.05, 3.63) is 59.7 Å². The molecule has 0 aromatic heterocycles. The van der Waals surface area contributed by atoms with Crippen LogP contribution in [-0.2, 0) is 11.2 Å². The van der Waals surface area contributed by atoms with Gasteiger partial charge in [0.1, 0.15) is 0 Å². The Bertz CT molecular complexity index is 1040. The van der Waals surface area contributed by atoms with Crippen LogP contribution in [0.4, 0.5) is 0 Å². The van der Waals surface area contributed by atoms with E-state index in [4.69, 9.17) is 0 Å². The molecule has 0 N–H and O–H groups in total. The lowest BCUT2D eigenvalue weighted by Crippen LogP contribution is -2.50. The fourth-order valence-corrected chi connectivity index (χ4v) is 7.89. The molecule has 0 amide bonds. The third-order valence-electron chi connectivity index (χ3n) is 10.5. The summed E-state index contributed by atoms with van der Waals surface area (Å²) >= 11 is -1.52. The third kappa shape index (κ3) is 21.6. The molecule has 2 rings (SSSR count). The quantitative estimate of drug-likeness (QED) is 0.0633. The van der Waals surface area contributed by atoms with Gasteiger partial charge in [0.15, 0.2) is 9.79 Å². The summed E-state index contributed by atoms with van der Waals surface area (Å²) in [5, 5.41) is 21.2. The summed E-state index contributed by atoms with van der Waals surface area (Å²) in [6, 6.07) is 10.9. The van der Waals surface area contributed by atoms with Crippen LogP contribution in [0.15, 0.2) is 58.3 Å². The summed E-state index contributed by atoms with van der Waals surface area (Å²) in [4.78, 5) is 22.0. The number of quaternary nitrogens is 2. The van der Waals surface area contributed by atoms with Crippen LogP contribution in [-0.4, -0.2) is 77.8 Å². The first-order valence-electron chi connectivity index (χ1n) is 21.7. The first-order chi connectivity index (χ1) is 26.0. The van der Waals surface area contributed by atoms with E-state index in [2.05, 4.69) is 55.4 Å². The highest BCUT2D eigenvalue weighted by Crippen LogP contribution is 2.22. The molecule has 2 aromatic rings. The number of aromatic carboxylic acids is 2. The van der Waals surface area contributed by atoms with E-state index in [1.807, 2.05) is 0 Å². The monoisotopic (exact) mass is 773 g/mol. The first kappa shape index (κ1) is 51.6. The minimum Gasteiger partial charge on any atom is -0.606 e. The lowest BCUT2D eigenvalue weighted by Gasteiger charge is -2.39. The Morgan fingerprint density at radius 2 is 0.593 bits per heavy atom. The van der Waals surface area contributed by atoms with Gasteiger partial charge in [0.05, 0.1) is 64.3 Å². The van der Waals surface area contributed by atoms with Gasteiger partial charge in [0.2, 0.25) is 0 Å². The van der Waals surface area contributed by atoms with Crippen LogP contribution in [0.1, 0.15) is 179 Å². The minimum atomic E-state index is -1.52. The molecule has 0 aliphatic carbocycles. The van der Waals surface area contributed by atoms with Gasteiger partial charge in [-0.1, -0.05) is 107 Å². The Morgan fingerprint density at radius 1 is 0.407 bits per heavy atom. The van der Waals surface area contributed by atoms with Gasteiger partial charge in [-0.25, -0.2) is 0 Å². The number of carboxylic acid groups (broad SMARTS) is 2. The Kier molecular flexibility index (Phi) is 30.4. The Hall–Kier alpha value is -2.39. The van der Waals surface area contributed by atoms with Gasteiger partial charge >= 0.3 is 0 Å². The topological polar surface area (TPSA) is 103 Å². The largest absolute Gasteiger partial charge is 0.606 e. The summed E-state index contributed by atoms with van der Waals surface area (Å²) in [7, 11) is 0. The Balaban J connectivity index is 0.000000786. The van der Waals surface area contributed by atoms with Crippen molar-refractivity contribution in [3.8, 4) is 0 Å². The zero-order chi connectivity index (χ0) is 40.7. The number of benzene rings is 2. The average molecular weight is 773 g/mol. The van der Waals surface area contributed by atoms with E-state index in [0.29, 0.717) is 9.79 Å². The number of carbonyl (C=O) groups is 2. The maximum Gasteiger partial charge on any atom is 0.158 e. The first-order valence-corrected chi connectivity index (χ1v) is 22.9. The van der Waals surface area contributed by atoms with E-state index in [0.717, 1.165) is 0 Å². The van der Waals surface area contributed by atoms with Crippen molar-refractivity contribution < 1.29 is 33.3 Å². The molecule has 54 heavy (non-hydrogen) atoms. The summed E-state index contributed by atoms with van der Waals surface area (Å²) in [6.45, 7) is 30.0. The van der Waals surface area contributed by atoms with Gasteiger partial charge < -0.3 is 33.3 Å². The molecule has 0 radical (unpaired) electrons. The zero-order valence-corrected chi connectivity index (χ0v) is 36.7. The van der Waals surface area contributed by atoms with Crippen molar-refractivity contribution in [2.75, 3.05) is 52.4 Å². The molecule has 0 aliphatic rings. The van der Waals surface area contributed by atoms with Gasteiger partial charge in [-0.15, -0.1) is 0 Å². The molecule has 0 aliphatic heterocycles. The summed E-state index contributed by atoms with van der Waals surface area (Å²) < 4.78 is 15.0. The van der Waals surface area contributed by atoms with Crippen LogP contribution >= 0.6 is 0 Å². The van der Waals surface area contributed by atoms with E-state index in [-0.39, 0.29) is 11.1 Å². The molecule has 7 nitrogen and oxygen atoms in total. The van der Waals surface area contributed by atoms with Crippen molar-refractivity contribution in [2.24, 2.45) is 0 Å². The minimum absolute atomic E-state index is 0.00181. The van der Waals surface area contributed by atoms with Gasteiger partial charge in [-0.05, 0) is 111 Å². The molecule has 0 atom stereocenters. The third-order valence-corrected chi connectivity index (χ3v) is 11.9. The Labute approximate surface area is 335 Å². The van der Waals surface area contributed by atoms with Crippen molar-refractivity contribution in [1.82, 2.24) is 0 Å². The lowest BCUT2D eigenvalue weighted by atomic mass is 10.1. The lowest BCUT2D eigenvalue weighted by molar-refractivity contribution is -0.929. The second-order valence-electron chi connectivity index (χ2n) is 15.2. The van der Waals surface area contributed by atoms with Crippen molar-refractivity contribution in [1.29, 1.82) is 0 Å². The van der Waals surface area contributed by atoms with Crippen LogP contribution < -0.4 is 10.2 Å². The second-order valence-corrected chi connectivity index (χ2v) is 16.7. The van der Waals surface area contributed by atoms with Crippen LogP contribution in [0.5, 0.6) is 0 Å². The smallest absolute Gasteiger partial charge is 0.158 e. The summed E-state index contributed by atoms with van der Waals surface area (Å²) in [5.74, 6) is -2.61. The van der Waals surface area contributed by atoms with Gasteiger partial charge in [0, 0.05) is 11.2 Å². The fourth-order valence-electron chi connectivity index (χ4n) is 6.86. The predicted octanol–water partition coefficient (Wildman–Crippen LogP) is 9.59. The maximum absolute atomic E-state index is 12.2. The van der Waals surface area contributed by atoms with Crippen molar-refractivity contribution in [2.45, 2.75) is 168 Å². The molecule has 0 unspecified atom stereocenters. The van der Waals surface area contributed by atoms with Crippen LogP contribution in [0.3, 0.4) is 0 Å². The van der Waals surface area contributed by atoms with Crippen molar-refractivity contribution >= 4 is 23.1 Å². The SMILES string of the molecule is CCCC[N+](CCCC)(CCCC)CCCC.CCCC[N+](CCCC)(CCCC)CCCC.O=C([O-])c1ccc([S+]([O-])c2ccc(C(=O)[O-])cc2)cc1. The summed E-state index contributed by atoms with van der Waals surface area (Å²) in [5.41, 5.74) is -0.00361. The second kappa shape index (κ2) is 31.8. The number of carbonyl (C=O) groups excluding carboxylic acids is 2. The number of unbranched alkanes of at least 4 members (excludes halogenated alkanes) is 8. The van der Waals surface area contributed by atoms with Gasteiger partial charge in [0.25, 0.3) is 0 Å². The van der Waals surface area contributed by atoms with E-state index in [9.17, 15) is 24.4 Å². The fraction of sp³-hybridized carbons (Fsp3) is 0.696. The number of hydrogen-bond donors (Lipinski definition) is 0. The highest BCUT2D eigenvalue weighted by molar-refractivity contribution is 7.91. The highest BCUT2D eigenvalue weighted by Gasteiger charge is 2.26. The predicted molar refractivity (Wildman–Crippen MR) is 225 cm³/mol. The standard InChI is InChI=1S/2C16H36N.C14H10O5S/c2*1-5-9-13-17(14-10-6-2,15-11-7-3)16-12-8-4;15-13(16)9-1-5-11(6-2-9)20(19)12-7-3-10(4-8-12)14(17)18/h2*5-16H2,1-4H3;1-8H,(H,15,16)(H,17,18)/q2*+1;/p-2. The van der Waals surface area contributed by atoms with Crippen molar-refractivity contribution in [3.63, 3.8) is 0 Å². The molecule has 0 saturated carbocycles. The molecule has 0 bridgehead atoms. The van der Waals surface area contributed by atoms with E-state index >= 15 is 0 Å². The number of nitrogens with zero attached hydrogens (tertiary/aromatic N) is 2. The molecule has 2 aromatic carbocycles. The molecule has 310 valence electrons. The average Bonchev–Trinajstić information content (AvgIpc) is 3.20. The number of carboxylic acids is 2. The van der Waals surface area contributed by atoms with Crippen LogP contribution in [0.2, 0.25) is 0 Å². The van der Waals surface area contributed by atoms with E-state index in [1.54, 1.807) is 0 Å². The highest BCUT2D eigenvalue weighted by atomic mass is 32.2. The molecule has 8 heteroatoms. The van der Waals surface area contributed by atoms with Crippen LogP contribution in [0, 0.1) is 0 Å². The molecule has 0 saturated heterocycles. The number of rotatable bonds is 28. The molecular formula is C46H80N2O5S. The molecule has 0 heterocycles. The molecular weight excluding hydrogens is 693 g/mol. The van der Waals surface area contributed by atoms with E-state index < -0.39 is 23.1 Å². The number of hydrogen-bond acceptors (Lipinski definition) is 5. The molecule has 0 spiro atoms. The van der Waals surface area contributed by atoms with Gasteiger partial charge in [-0.3, -0.25) is 0 Å². The molecule has 0 fully saturated rings. The maximum atomic E-state index is 12.2. The normalized spacial score (nSPS) is 11.4. The van der Waals surface area contributed by atoms with Gasteiger partial charge in [-0.2, -0.15) is 0 Å². The van der Waals surface area contributed by atoms with E-state index in [1.165, 1.54) is 213 Å². The van der Waals surface area contributed by atoms with Crippen LogP contribution in [0.25, 0.3) is 0 Å². The zero-order valence-electron chi connectivity index (χ0n) is 35.9. The summed E-state index contributed by atoms with van der Waals surface area (Å²) in [6.07, 6.45) is 22.1. The Morgan fingerprint density at radius 3 is 0.741 bits per heavy atom.